The molecule has 1 aromatic rings. The summed E-state index contributed by atoms with van der Waals surface area (Å²) in [7, 11) is 0. The van der Waals surface area contributed by atoms with E-state index in [2.05, 4.69) is 15.8 Å². The summed E-state index contributed by atoms with van der Waals surface area (Å²) in [5.41, 5.74) is 0.835. The first-order valence-corrected chi connectivity index (χ1v) is 6.19. The van der Waals surface area contributed by atoms with Gasteiger partial charge in [-0.25, -0.2) is 0 Å². The van der Waals surface area contributed by atoms with Crippen LogP contribution in [0.1, 0.15) is 37.1 Å². The SMILES string of the molecule is Cc1cc(CNC(=O)C2CCCCCN2)on1. The highest BCUT2D eigenvalue weighted by Crippen LogP contribution is 2.09. The summed E-state index contributed by atoms with van der Waals surface area (Å²) in [6.07, 6.45) is 4.40. The molecule has 0 bridgehead atoms. The second kappa shape index (κ2) is 5.82. The number of carbonyl (C=O) groups excluding carboxylic acids is 1. The molecule has 5 nitrogen and oxygen atoms in total. The molecule has 1 aliphatic heterocycles. The minimum atomic E-state index is -0.0541. The van der Waals surface area contributed by atoms with E-state index in [9.17, 15) is 4.79 Å². The maximum Gasteiger partial charge on any atom is 0.237 e. The van der Waals surface area contributed by atoms with Crippen LogP contribution in [0.4, 0.5) is 0 Å². The molecular formula is C12H19N3O2. The molecule has 94 valence electrons. The smallest absolute Gasteiger partial charge is 0.237 e. The van der Waals surface area contributed by atoms with Gasteiger partial charge in [0.2, 0.25) is 5.91 Å². The second-order valence-electron chi connectivity index (χ2n) is 4.51. The summed E-state index contributed by atoms with van der Waals surface area (Å²) in [5, 5.41) is 9.92. The zero-order valence-corrected chi connectivity index (χ0v) is 10.2. The van der Waals surface area contributed by atoms with E-state index in [1.54, 1.807) is 0 Å². The van der Waals surface area contributed by atoms with Crippen LogP contribution < -0.4 is 10.6 Å². The first-order valence-electron chi connectivity index (χ1n) is 6.19. The van der Waals surface area contributed by atoms with Crippen molar-refractivity contribution < 1.29 is 9.32 Å². The van der Waals surface area contributed by atoms with Crippen LogP contribution >= 0.6 is 0 Å². The standard InChI is InChI=1S/C12H19N3O2/c1-9-7-10(17-15-9)8-14-12(16)11-5-3-2-4-6-13-11/h7,11,13H,2-6,8H2,1H3,(H,14,16). The second-order valence-corrected chi connectivity index (χ2v) is 4.51. The van der Waals surface area contributed by atoms with Gasteiger partial charge < -0.3 is 15.2 Å². The molecule has 1 aliphatic rings. The molecule has 1 aromatic heterocycles. The number of carbonyl (C=O) groups is 1. The molecular weight excluding hydrogens is 218 g/mol. The molecule has 1 saturated heterocycles. The van der Waals surface area contributed by atoms with Crippen LogP contribution in [0.25, 0.3) is 0 Å². The normalized spacial score (nSPS) is 20.9. The quantitative estimate of drug-likeness (QED) is 0.827. The largest absolute Gasteiger partial charge is 0.359 e. The lowest BCUT2D eigenvalue weighted by Gasteiger charge is -2.14. The van der Waals surface area contributed by atoms with E-state index in [1.807, 2.05) is 13.0 Å². The topological polar surface area (TPSA) is 67.2 Å². The van der Waals surface area contributed by atoms with Gasteiger partial charge in [-0.2, -0.15) is 0 Å². The Morgan fingerprint density at radius 1 is 1.59 bits per heavy atom. The summed E-state index contributed by atoms with van der Waals surface area (Å²) >= 11 is 0. The number of amides is 1. The van der Waals surface area contributed by atoms with Crippen molar-refractivity contribution in [3.63, 3.8) is 0 Å². The Bertz CT molecular complexity index is 368. The van der Waals surface area contributed by atoms with Crippen LogP contribution in [0.2, 0.25) is 0 Å². The van der Waals surface area contributed by atoms with Crippen molar-refractivity contribution in [2.45, 2.75) is 45.2 Å². The lowest BCUT2D eigenvalue weighted by molar-refractivity contribution is -0.123. The lowest BCUT2D eigenvalue weighted by atomic mass is 10.1. The highest BCUT2D eigenvalue weighted by Gasteiger charge is 2.19. The fraction of sp³-hybridized carbons (Fsp3) is 0.667. The van der Waals surface area contributed by atoms with Gasteiger partial charge in [-0.3, -0.25) is 4.79 Å². The molecule has 1 atom stereocenters. The molecule has 0 aliphatic carbocycles. The minimum absolute atomic E-state index is 0.0541. The van der Waals surface area contributed by atoms with Crippen molar-refractivity contribution in [2.75, 3.05) is 6.54 Å². The van der Waals surface area contributed by atoms with Crippen LogP contribution in [0, 0.1) is 6.92 Å². The first kappa shape index (κ1) is 12.1. The highest BCUT2D eigenvalue weighted by molar-refractivity contribution is 5.81. The van der Waals surface area contributed by atoms with Gasteiger partial charge in [0.1, 0.15) is 0 Å². The van der Waals surface area contributed by atoms with Crippen LogP contribution in [0.3, 0.4) is 0 Å². The summed E-state index contributed by atoms with van der Waals surface area (Å²) in [4.78, 5) is 11.9. The number of aromatic nitrogens is 1. The summed E-state index contributed by atoms with van der Waals surface area (Å²) in [6, 6.07) is 1.78. The Labute approximate surface area is 101 Å². The van der Waals surface area contributed by atoms with Gasteiger partial charge in [0.15, 0.2) is 5.76 Å². The summed E-state index contributed by atoms with van der Waals surface area (Å²) < 4.78 is 5.04. The summed E-state index contributed by atoms with van der Waals surface area (Å²) in [6.45, 7) is 3.21. The Morgan fingerprint density at radius 2 is 2.47 bits per heavy atom. The van der Waals surface area contributed by atoms with Gasteiger partial charge in [-0.1, -0.05) is 18.0 Å². The van der Waals surface area contributed by atoms with Gasteiger partial charge in [0.25, 0.3) is 0 Å². The molecule has 5 heteroatoms. The zero-order chi connectivity index (χ0) is 12.1. The third-order valence-corrected chi connectivity index (χ3v) is 2.99. The fourth-order valence-corrected chi connectivity index (χ4v) is 2.05. The molecule has 17 heavy (non-hydrogen) atoms. The molecule has 1 fully saturated rings. The van der Waals surface area contributed by atoms with Crippen LogP contribution in [-0.2, 0) is 11.3 Å². The summed E-state index contributed by atoms with van der Waals surface area (Å²) in [5.74, 6) is 0.755. The van der Waals surface area contributed by atoms with Gasteiger partial charge in [0, 0.05) is 6.07 Å². The molecule has 0 radical (unpaired) electrons. The Balaban J connectivity index is 1.79. The van der Waals surface area contributed by atoms with E-state index in [4.69, 9.17) is 4.52 Å². The number of hydrogen-bond acceptors (Lipinski definition) is 4. The predicted molar refractivity (Wildman–Crippen MR) is 63.3 cm³/mol. The van der Waals surface area contributed by atoms with E-state index < -0.39 is 0 Å². The van der Waals surface area contributed by atoms with Crippen molar-refractivity contribution in [2.24, 2.45) is 0 Å². The lowest BCUT2D eigenvalue weighted by Crippen LogP contribution is -2.43. The molecule has 2 N–H and O–H groups in total. The van der Waals surface area contributed by atoms with Crippen molar-refractivity contribution in [3.05, 3.63) is 17.5 Å². The number of aryl methyl sites for hydroxylation is 1. The molecule has 0 spiro atoms. The van der Waals surface area contributed by atoms with Crippen molar-refractivity contribution in [1.29, 1.82) is 0 Å². The van der Waals surface area contributed by atoms with Crippen LogP contribution in [0.5, 0.6) is 0 Å². The van der Waals surface area contributed by atoms with Crippen molar-refractivity contribution >= 4 is 5.91 Å². The maximum absolute atomic E-state index is 11.9. The van der Waals surface area contributed by atoms with E-state index in [-0.39, 0.29) is 11.9 Å². The van der Waals surface area contributed by atoms with Crippen LogP contribution in [-0.4, -0.2) is 23.7 Å². The first-order chi connectivity index (χ1) is 8.25. The van der Waals surface area contributed by atoms with E-state index in [0.29, 0.717) is 12.3 Å². The number of hydrogen-bond donors (Lipinski definition) is 2. The molecule has 2 heterocycles. The number of nitrogens with zero attached hydrogens (tertiary/aromatic N) is 1. The fourth-order valence-electron chi connectivity index (χ4n) is 2.05. The van der Waals surface area contributed by atoms with E-state index in [0.717, 1.165) is 31.5 Å². The molecule has 2 rings (SSSR count). The number of rotatable bonds is 3. The average molecular weight is 237 g/mol. The molecule has 1 amide bonds. The van der Waals surface area contributed by atoms with E-state index in [1.165, 1.54) is 6.42 Å². The third-order valence-electron chi connectivity index (χ3n) is 2.99. The predicted octanol–water partition coefficient (Wildman–Crippen LogP) is 1.13. The Hall–Kier alpha value is -1.36. The molecule has 0 saturated carbocycles. The average Bonchev–Trinajstić information content (AvgIpc) is 2.58. The zero-order valence-electron chi connectivity index (χ0n) is 10.2. The van der Waals surface area contributed by atoms with Crippen molar-refractivity contribution in [3.8, 4) is 0 Å². The van der Waals surface area contributed by atoms with Crippen molar-refractivity contribution in [1.82, 2.24) is 15.8 Å². The van der Waals surface area contributed by atoms with E-state index >= 15 is 0 Å². The van der Waals surface area contributed by atoms with Gasteiger partial charge >= 0.3 is 0 Å². The highest BCUT2D eigenvalue weighted by atomic mass is 16.5. The maximum atomic E-state index is 11.9. The van der Waals surface area contributed by atoms with Gasteiger partial charge in [-0.15, -0.1) is 0 Å². The minimum Gasteiger partial charge on any atom is -0.359 e. The van der Waals surface area contributed by atoms with Gasteiger partial charge in [0.05, 0.1) is 18.3 Å². The Morgan fingerprint density at radius 3 is 3.24 bits per heavy atom. The van der Waals surface area contributed by atoms with Gasteiger partial charge in [-0.05, 0) is 26.3 Å². The molecule has 1 unspecified atom stereocenters. The number of nitrogens with one attached hydrogen (secondary N) is 2. The third kappa shape index (κ3) is 3.56. The Kier molecular flexibility index (Phi) is 4.14. The molecule has 0 aromatic carbocycles. The van der Waals surface area contributed by atoms with Crippen LogP contribution in [0.15, 0.2) is 10.6 Å². The monoisotopic (exact) mass is 237 g/mol.